The molecule has 0 saturated heterocycles. The standard InChI is InChI=1S/C12H24O4Si.C4H12O2Si/c1-6-15-17(5,16-7-2)10-8-9-14-12(13)11(3)4;1-3-5-7-6-4-2/h3,6-10H2,1-2,4-5H3;3-4,7H2,1-2H3. The molecule has 0 aliphatic heterocycles. The Labute approximate surface area is 151 Å². The van der Waals surface area contributed by atoms with Crippen LogP contribution in [0.15, 0.2) is 12.2 Å². The van der Waals surface area contributed by atoms with E-state index in [0.717, 1.165) is 25.7 Å². The van der Waals surface area contributed by atoms with E-state index in [0.29, 0.717) is 25.4 Å². The molecule has 0 atom stereocenters. The Hall–Kier alpha value is -0.516. The lowest BCUT2D eigenvalue weighted by Crippen LogP contribution is -2.38. The lowest BCUT2D eigenvalue weighted by Gasteiger charge is -2.25. The van der Waals surface area contributed by atoms with Gasteiger partial charge in [0.05, 0.1) is 6.61 Å². The fourth-order valence-corrected chi connectivity index (χ4v) is 4.53. The molecular weight excluding hydrogens is 344 g/mol. The second kappa shape index (κ2) is 17.3. The van der Waals surface area contributed by atoms with Crippen LogP contribution in [0.3, 0.4) is 0 Å². The third kappa shape index (κ3) is 16.3. The van der Waals surface area contributed by atoms with Gasteiger partial charge in [0.15, 0.2) is 0 Å². The Morgan fingerprint density at radius 1 is 1.00 bits per heavy atom. The summed E-state index contributed by atoms with van der Waals surface area (Å²) in [4.78, 5) is 11.1. The van der Waals surface area contributed by atoms with E-state index in [9.17, 15) is 4.79 Å². The predicted octanol–water partition coefficient (Wildman–Crippen LogP) is 2.70. The van der Waals surface area contributed by atoms with E-state index < -0.39 is 18.6 Å². The molecule has 6 nitrogen and oxygen atoms in total. The highest BCUT2D eigenvalue weighted by atomic mass is 28.4. The molecule has 0 N–H and O–H groups in total. The lowest BCUT2D eigenvalue weighted by molar-refractivity contribution is -0.138. The first-order valence-electron chi connectivity index (χ1n) is 8.62. The van der Waals surface area contributed by atoms with Crippen LogP contribution in [-0.2, 0) is 27.2 Å². The third-order valence-corrected chi connectivity index (χ3v) is 7.04. The van der Waals surface area contributed by atoms with E-state index in [1.807, 2.05) is 34.2 Å². The number of hydrogen-bond donors (Lipinski definition) is 0. The van der Waals surface area contributed by atoms with Gasteiger partial charge in [-0.1, -0.05) is 6.58 Å². The van der Waals surface area contributed by atoms with Crippen molar-refractivity contribution < 1.29 is 27.2 Å². The smallest absolute Gasteiger partial charge is 0.335 e. The first-order valence-corrected chi connectivity index (χ1v) is 12.3. The lowest BCUT2D eigenvalue weighted by atomic mass is 10.4. The second-order valence-corrected chi connectivity index (χ2v) is 9.52. The molecule has 0 spiro atoms. The summed E-state index contributed by atoms with van der Waals surface area (Å²) in [5.74, 6) is -0.332. The maximum absolute atomic E-state index is 11.1. The van der Waals surface area contributed by atoms with Crippen molar-refractivity contribution in [3.05, 3.63) is 12.2 Å². The number of carbonyl (C=O) groups excluding carboxylic acids is 1. The van der Waals surface area contributed by atoms with Gasteiger partial charge in [-0.05, 0) is 53.6 Å². The Bertz CT molecular complexity index is 316. The zero-order chi connectivity index (χ0) is 18.8. The molecule has 0 aromatic carbocycles. The number of hydrogen-bond acceptors (Lipinski definition) is 6. The number of ether oxygens (including phenoxy) is 1. The SMILES string of the molecule is C=C(C)C(=O)OCCC[Si](C)(OCC)OCC.CCO[SiH2]OCC. The van der Waals surface area contributed by atoms with Crippen molar-refractivity contribution in [2.75, 3.05) is 33.0 Å². The van der Waals surface area contributed by atoms with Gasteiger partial charge in [-0.3, -0.25) is 0 Å². The van der Waals surface area contributed by atoms with Gasteiger partial charge in [-0.25, -0.2) is 4.79 Å². The van der Waals surface area contributed by atoms with Crippen molar-refractivity contribution in [2.45, 2.75) is 53.6 Å². The van der Waals surface area contributed by atoms with E-state index in [-0.39, 0.29) is 5.97 Å². The predicted molar refractivity (Wildman–Crippen MR) is 102 cm³/mol. The molecule has 0 fully saturated rings. The van der Waals surface area contributed by atoms with Crippen LogP contribution in [0.4, 0.5) is 0 Å². The number of carbonyl (C=O) groups is 1. The summed E-state index contributed by atoms with van der Waals surface area (Å²) in [5, 5.41) is 0. The number of rotatable bonds is 13. The minimum Gasteiger partial charge on any atom is -0.462 e. The molecule has 0 aromatic heterocycles. The van der Waals surface area contributed by atoms with Gasteiger partial charge in [-0.15, -0.1) is 0 Å². The molecule has 0 aromatic rings. The topological polar surface area (TPSA) is 63.2 Å². The Morgan fingerprint density at radius 3 is 1.88 bits per heavy atom. The molecular formula is C16H36O6Si2. The van der Waals surface area contributed by atoms with Gasteiger partial charge < -0.3 is 22.4 Å². The minimum absolute atomic E-state index is 0.332. The molecule has 0 saturated carbocycles. The second-order valence-electron chi connectivity index (χ2n) is 5.12. The maximum Gasteiger partial charge on any atom is 0.335 e. The normalized spacial score (nSPS) is 10.8. The van der Waals surface area contributed by atoms with Crippen LogP contribution in [0.1, 0.15) is 41.0 Å². The van der Waals surface area contributed by atoms with E-state index >= 15 is 0 Å². The van der Waals surface area contributed by atoms with Crippen molar-refractivity contribution in [2.24, 2.45) is 0 Å². The maximum atomic E-state index is 11.1. The summed E-state index contributed by atoms with van der Waals surface area (Å²) in [6.07, 6.45) is 0.766. The summed E-state index contributed by atoms with van der Waals surface area (Å²) in [6, 6.07) is 0.831. The average Bonchev–Trinajstić information content (AvgIpc) is 2.53. The summed E-state index contributed by atoms with van der Waals surface area (Å²) in [7, 11) is -2.65. The van der Waals surface area contributed by atoms with Crippen LogP contribution in [-0.4, -0.2) is 57.6 Å². The monoisotopic (exact) mass is 380 g/mol. The first-order chi connectivity index (χ1) is 11.4. The van der Waals surface area contributed by atoms with Crippen LogP contribution < -0.4 is 0 Å². The Morgan fingerprint density at radius 2 is 1.50 bits per heavy atom. The summed E-state index contributed by atoms with van der Waals surface area (Å²) in [5.41, 5.74) is 0.430. The van der Waals surface area contributed by atoms with E-state index in [1.54, 1.807) is 6.92 Å². The zero-order valence-electron chi connectivity index (χ0n) is 16.3. The molecule has 8 heteroatoms. The van der Waals surface area contributed by atoms with E-state index in [4.69, 9.17) is 22.4 Å². The largest absolute Gasteiger partial charge is 0.462 e. The quantitative estimate of drug-likeness (QED) is 0.212. The minimum atomic E-state index is -2.06. The van der Waals surface area contributed by atoms with Gasteiger partial charge in [0.2, 0.25) is 0 Å². The van der Waals surface area contributed by atoms with Crippen molar-refractivity contribution in [3.63, 3.8) is 0 Å². The third-order valence-electron chi connectivity index (χ3n) is 2.83. The molecule has 0 aliphatic carbocycles. The van der Waals surface area contributed by atoms with E-state index in [2.05, 4.69) is 6.58 Å². The fraction of sp³-hybridized carbons (Fsp3) is 0.812. The van der Waals surface area contributed by atoms with Gasteiger partial charge in [0.1, 0.15) is 0 Å². The van der Waals surface area contributed by atoms with Crippen LogP contribution in [0.5, 0.6) is 0 Å². The fourth-order valence-electron chi connectivity index (χ4n) is 1.70. The molecule has 0 aliphatic rings. The summed E-state index contributed by atoms with van der Waals surface area (Å²) < 4.78 is 26.4. The highest BCUT2D eigenvalue weighted by Crippen LogP contribution is 2.16. The van der Waals surface area contributed by atoms with Crippen LogP contribution >= 0.6 is 0 Å². The van der Waals surface area contributed by atoms with Crippen molar-refractivity contribution in [3.8, 4) is 0 Å². The average molecular weight is 381 g/mol. The van der Waals surface area contributed by atoms with Gasteiger partial charge in [0, 0.05) is 32.0 Å². The van der Waals surface area contributed by atoms with Crippen molar-refractivity contribution >= 4 is 24.5 Å². The highest BCUT2D eigenvalue weighted by Gasteiger charge is 2.30. The highest BCUT2D eigenvalue weighted by molar-refractivity contribution is 6.66. The molecule has 0 amide bonds. The molecule has 0 radical (unpaired) electrons. The molecule has 0 bridgehead atoms. The van der Waals surface area contributed by atoms with Gasteiger partial charge >= 0.3 is 24.5 Å². The first kappa shape index (κ1) is 25.7. The van der Waals surface area contributed by atoms with Crippen LogP contribution in [0, 0.1) is 0 Å². The van der Waals surface area contributed by atoms with Crippen molar-refractivity contribution in [1.29, 1.82) is 0 Å². The Kier molecular flexibility index (Phi) is 18.6. The Balaban J connectivity index is 0. The van der Waals surface area contributed by atoms with Crippen LogP contribution in [0.2, 0.25) is 12.6 Å². The molecule has 24 heavy (non-hydrogen) atoms. The molecule has 0 rings (SSSR count). The molecule has 0 heterocycles. The van der Waals surface area contributed by atoms with Crippen molar-refractivity contribution in [1.82, 2.24) is 0 Å². The van der Waals surface area contributed by atoms with E-state index in [1.165, 1.54) is 0 Å². The van der Waals surface area contributed by atoms with Gasteiger partial charge in [-0.2, -0.15) is 0 Å². The van der Waals surface area contributed by atoms with Crippen LogP contribution in [0.25, 0.3) is 0 Å². The summed E-state index contributed by atoms with van der Waals surface area (Å²) in [6.45, 7) is 18.4. The zero-order valence-corrected chi connectivity index (χ0v) is 18.7. The molecule has 144 valence electrons. The van der Waals surface area contributed by atoms with Gasteiger partial charge in [0.25, 0.3) is 0 Å². The summed E-state index contributed by atoms with van der Waals surface area (Å²) >= 11 is 0. The molecule has 0 unspecified atom stereocenters. The number of esters is 1.